The SMILES string of the molecule is COc1ccc(-n2cnnc2SCC(=O)Nc2cc(Cl)ccc2N2CCCCC2)cc1. The number of rotatable bonds is 7. The molecule has 0 radical (unpaired) electrons. The zero-order valence-electron chi connectivity index (χ0n) is 17.3. The molecular formula is C22H24ClN5O2S. The first-order valence-electron chi connectivity index (χ1n) is 10.2. The maximum atomic E-state index is 12.7. The maximum Gasteiger partial charge on any atom is 0.234 e. The van der Waals surface area contributed by atoms with Crippen molar-refractivity contribution in [1.82, 2.24) is 14.8 Å². The van der Waals surface area contributed by atoms with Crippen LogP contribution in [0.3, 0.4) is 0 Å². The highest BCUT2D eigenvalue weighted by atomic mass is 35.5. The van der Waals surface area contributed by atoms with E-state index in [0.717, 1.165) is 48.7 Å². The van der Waals surface area contributed by atoms with Gasteiger partial charge in [0.15, 0.2) is 5.16 Å². The minimum absolute atomic E-state index is 0.116. The van der Waals surface area contributed by atoms with Crippen LogP contribution in [0.1, 0.15) is 19.3 Å². The Hall–Kier alpha value is -2.71. The van der Waals surface area contributed by atoms with E-state index in [1.807, 2.05) is 47.0 Å². The summed E-state index contributed by atoms with van der Waals surface area (Å²) in [7, 11) is 1.63. The molecule has 0 atom stereocenters. The van der Waals surface area contributed by atoms with Gasteiger partial charge in [0.05, 0.1) is 24.2 Å². The first-order chi connectivity index (χ1) is 15.1. The van der Waals surface area contributed by atoms with E-state index in [9.17, 15) is 4.79 Å². The topological polar surface area (TPSA) is 72.3 Å². The second-order valence-corrected chi connectivity index (χ2v) is 8.61. The maximum absolute atomic E-state index is 12.7. The number of ether oxygens (including phenoxy) is 1. The van der Waals surface area contributed by atoms with E-state index in [4.69, 9.17) is 16.3 Å². The molecule has 1 amide bonds. The van der Waals surface area contributed by atoms with Crippen LogP contribution < -0.4 is 15.0 Å². The van der Waals surface area contributed by atoms with Crippen LogP contribution in [0.25, 0.3) is 5.69 Å². The fourth-order valence-corrected chi connectivity index (χ4v) is 4.48. The number of benzene rings is 2. The number of halogens is 1. The van der Waals surface area contributed by atoms with E-state index in [0.29, 0.717) is 10.2 Å². The van der Waals surface area contributed by atoms with Gasteiger partial charge in [0.25, 0.3) is 0 Å². The molecule has 162 valence electrons. The van der Waals surface area contributed by atoms with Crippen molar-refractivity contribution in [3.05, 3.63) is 53.8 Å². The Bertz CT molecular complexity index is 1030. The van der Waals surface area contributed by atoms with Crippen molar-refractivity contribution < 1.29 is 9.53 Å². The average Bonchev–Trinajstić information content (AvgIpc) is 3.27. The molecule has 2 heterocycles. The van der Waals surface area contributed by atoms with Crippen molar-refractivity contribution in [3.8, 4) is 11.4 Å². The van der Waals surface area contributed by atoms with Gasteiger partial charge in [0.1, 0.15) is 12.1 Å². The lowest BCUT2D eigenvalue weighted by Gasteiger charge is -2.30. The first kappa shape index (κ1) is 21.5. The van der Waals surface area contributed by atoms with Gasteiger partial charge < -0.3 is 15.0 Å². The standard InChI is InChI=1S/C22H24ClN5O2S/c1-30-18-8-6-17(7-9-18)28-15-24-26-22(28)31-14-21(29)25-19-13-16(23)5-10-20(19)27-11-3-2-4-12-27/h5-10,13,15H,2-4,11-12,14H2,1H3,(H,25,29). The van der Waals surface area contributed by atoms with Crippen LogP contribution in [0.15, 0.2) is 53.9 Å². The normalized spacial score (nSPS) is 13.8. The van der Waals surface area contributed by atoms with Gasteiger partial charge in [0.2, 0.25) is 5.91 Å². The van der Waals surface area contributed by atoms with E-state index < -0.39 is 0 Å². The number of hydrogen-bond donors (Lipinski definition) is 1. The predicted molar refractivity (Wildman–Crippen MR) is 125 cm³/mol. The molecule has 0 unspecified atom stereocenters. The molecule has 0 saturated carbocycles. The molecule has 1 aliphatic rings. The van der Waals surface area contributed by atoms with Crippen LogP contribution >= 0.6 is 23.4 Å². The van der Waals surface area contributed by atoms with Crippen LogP contribution in [-0.4, -0.2) is 46.6 Å². The summed E-state index contributed by atoms with van der Waals surface area (Å²) >= 11 is 7.53. The quantitative estimate of drug-likeness (QED) is 0.520. The van der Waals surface area contributed by atoms with E-state index in [2.05, 4.69) is 20.4 Å². The van der Waals surface area contributed by atoms with Crippen LogP contribution in [0.2, 0.25) is 5.02 Å². The van der Waals surface area contributed by atoms with E-state index in [1.165, 1.54) is 18.2 Å². The fourth-order valence-electron chi connectivity index (χ4n) is 3.58. The minimum Gasteiger partial charge on any atom is -0.497 e. The molecule has 4 rings (SSSR count). The molecule has 0 bridgehead atoms. The monoisotopic (exact) mass is 457 g/mol. The molecule has 1 aromatic heterocycles. The van der Waals surface area contributed by atoms with Crippen molar-refractivity contribution in [1.29, 1.82) is 0 Å². The Kier molecular flexibility index (Phi) is 6.99. The number of carbonyl (C=O) groups excluding carboxylic acids is 1. The summed E-state index contributed by atoms with van der Waals surface area (Å²) in [6.45, 7) is 1.98. The molecule has 0 aliphatic carbocycles. The molecule has 0 spiro atoms. The molecule has 9 heteroatoms. The third kappa shape index (κ3) is 5.32. The van der Waals surface area contributed by atoms with Gasteiger partial charge in [-0.05, 0) is 61.7 Å². The predicted octanol–water partition coefficient (Wildman–Crippen LogP) is 4.65. The highest BCUT2D eigenvalue weighted by Gasteiger charge is 2.17. The van der Waals surface area contributed by atoms with Gasteiger partial charge in [0, 0.05) is 23.8 Å². The molecule has 1 saturated heterocycles. The number of amides is 1. The Morgan fingerprint density at radius 2 is 1.94 bits per heavy atom. The second-order valence-electron chi connectivity index (χ2n) is 7.23. The highest BCUT2D eigenvalue weighted by Crippen LogP contribution is 2.31. The molecule has 7 nitrogen and oxygen atoms in total. The Morgan fingerprint density at radius 3 is 2.68 bits per heavy atom. The van der Waals surface area contributed by atoms with Crippen molar-refractivity contribution >= 4 is 40.6 Å². The number of carbonyl (C=O) groups is 1. The summed E-state index contributed by atoms with van der Waals surface area (Å²) in [6, 6.07) is 13.2. The van der Waals surface area contributed by atoms with Crippen LogP contribution in [0.5, 0.6) is 5.75 Å². The van der Waals surface area contributed by atoms with Crippen LogP contribution in [-0.2, 0) is 4.79 Å². The Morgan fingerprint density at radius 1 is 1.16 bits per heavy atom. The first-order valence-corrected chi connectivity index (χ1v) is 11.5. The summed E-state index contributed by atoms with van der Waals surface area (Å²) in [6.07, 6.45) is 5.20. The zero-order valence-corrected chi connectivity index (χ0v) is 18.8. The Labute approximate surface area is 190 Å². The summed E-state index contributed by atoms with van der Waals surface area (Å²) in [5, 5.41) is 12.4. The molecular weight excluding hydrogens is 434 g/mol. The van der Waals surface area contributed by atoms with Gasteiger partial charge in [-0.25, -0.2) is 0 Å². The fraction of sp³-hybridized carbons (Fsp3) is 0.318. The highest BCUT2D eigenvalue weighted by molar-refractivity contribution is 7.99. The van der Waals surface area contributed by atoms with Crippen molar-refractivity contribution in [2.75, 3.05) is 36.2 Å². The molecule has 3 aromatic rings. The summed E-state index contributed by atoms with van der Waals surface area (Å²) in [5.41, 5.74) is 2.66. The number of hydrogen-bond acceptors (Lipinski definition) is 6. The lowest BCUT2D eigenvalue weighted by Crippen LogP contribution is -2.30. The van der Waals surface area contributed by atoms with Crippen LogP contribution in [0.4, 0.5) is 11.4 Å². The lowest BCUT2D eigenvalue weighted by molar-refractivity contribution is -0.113. The smallest absolute Gasteiger partial charge is 0.234 e. The number of nitrogens with zero attached hydrogens (tertiary/aromatic N) is 4. The van der Waals surface area contributed by atoms with E-state index in [1.54, 1.807) is 13.4 Å². The molecule has 1 N–H and O–H groups in total. The average molecular weight is 458 g/mol. The van der Waals surface area contributed by atoms with E-state index in [-0.39, 0.29) is 11.7 Å². The molecule has 1 fully saturated rings. The van der Waals surface area contributed by atoms with E-state index >= 15 is 0 Å². The minimum atomic E-state index is -0.116. The van der Waals surface area contributed by atoms with Crippen LogP contribution in [0, 0.1) is 0 Å². The molecule has 2 aromatic carbocycles. The molecule has 1 aliphatic heterocycles. The summed E-state index contributed by atoms with van der Waals surface area (Å²) < 4.78 is 7.05. The zero-order chi connectivity index (χ0) is 21.6. The number of aromatic nitrogens is 3. The van der Waals surface area contributed by atoms with Gasteiger partial charge in [-0.15, -0.1) is 10.2 Å². The third-order valence-corrected chi connectivity index (χ3v) is 6.31. The second kappa shape index (κ2) is 10.1. The largest absolute Gasteiger partial charge is 0.497 e. The number of thioether (sulfide) groups is 1. The lowest BCUT2D eigenvalue weighted by atomic mass is 10.1. The van der Waals surface area contributed by atoms with Gasteiger partial charge in [-0.2, -0.15) is 0 Å². The number of anilines is 2. The van der Waals surface area contributed by atoms with Gasteiger partial charge >= 0.3 is 0 Å². The van der Waals surface area contributed by atoms with Gasteiger partial charge in [-0.3, -0.25) is 9.36 Å². The van der Waals surface area contributed by atoms with Gasteiger partial charge in [-0.1, -0.05) is 23.4 Å². The summed E-state index contributed by atoms with van der Waals surface area (Å²) in [5.74, 6) is 0.868. The van der Waals surface area contributed by atoms with Crippen molar-refractivity contribution in [2.45, 2.75) is 24.4 Å². The number of methoxy groups -OCH3 is 1. The van der Waals surface area contributed by atoms with Crippen molar-refractivity contribution in [3.63, 3.8) is 0 Å². The number of piperidine rings is 1. The summed E-state index contributed by atoms with van der Waals surface area (Å²) in [4.78, 5) is 15.0. The van der Waals surface area contributed by atoms with Crippen molar-refractivity contribution in [2.24, 2.45) is 0 Å². The molecule has 31 heavy (non-hydrogen) atoms. The third-order valence-electron chi connectivity index (χ3n) is 5.13. The Balaban J connectivity index is 1.42. The number of nitrogens with one attached hydrogen (secondary N) is 1.